The zero-order valence-electron chi connectivity index (χ0n) is 9.14. The summed E-state index contributed by atoms with van der Waals surface area (Å²) in [5, 5.41) is 2.66. The molecule has 0 saturated carbocycles. The number of amides is 1. The van der Waals surface area contributed by atoms with E-state index >= 15 is 0 Å². The zero-order chi connectivity index (χ0) is 12.1. The fourth-order valence-electron chi connectivity index (χ4n) is 1.47. The number of Topliss-reactive ketones (excluding diaryl/α,β-unsaturated/α-hetero) is 1. The Morgan fingerprint density at radius 2 is 1.82 bits per heavy atom. The van der Waals surface area contributed by atoms with Crippen molar-refractivity contribution in [1.29, 1.82) is 0 Å². The minimum atomic E-state index is -0.309. The fourth-order valence-corrected chi connectivity index (χ4v) is 1.47. The standard InChI is InChI=1S/C13H12N2O2/c16-12(11-7-4-8-14-11)9-13(17)15-10-5-2-1-3-6-10/h1-8,14H,9H2,(H,15,17). The number of carbonyl (C=O) groups is 2. The Hall–Kier alpha value is -2.36. The monoisotopic (exact) mass is 228 g/mol. The van der Waals surface area contributed by atoms with E-state index in [-0.39, 0.29) is 18.1 Å². The molecule has 17 heavy (non-hydrogen) atoms. The molecule has 0 aliphatic carbocycles. The number of ketones is 1. The van der Waals surface area contributed by atoms with Crippen LogP contribution in [0.15, 0.2) is 48.7 Å². The van der Waals surface area contributed by atoms with E-state index in [1.807, 2.05) is 18.2 Å². The van der Waals surface area contributed by atoms with Crippen LogP contribution in [-0.4, -0.2) is 16.7 Å². The fraction of sp³-hybridized carbons (Fsp3) is 0.0769. The average Bonchev–Trinajstić information content (AvgIpc) is 2.83. The van der Waals surface area contributed by atoms with E-state index in [0.29, 0.717) is 11.4 Å². The molecule has 4 heteroatoms. The minimum Gasteiger partial charge on any atom is -0.359 e. The van der Waals surface area contributed by atoms with Crippen LogP contribution < -0.4 is 5.32 Å². The molecule has 86 valence electrons. The third kappa shape index (κ3) is 3.04. The van der Waals surface area contributed by atoms with E-state index in [1.165, 1.54) is 0 Å². The van der Waals surface area contributed by atoms with Crippen LogP contribution in [0.25, 0.3) is 0 Å². The van der Waals surface area contributed by atoms with E-state index in [0.717, 1.165) is 0 Å². The van der Waals surface area contributed by atoms with Gasteiger partial charge in [-0.1, -0.05) is 18.2 Å². The highest BCUT2D eigenvalue weighted by atomic mass is 16.2. The van der Waals surface area contributed by atoms with Crippen LogP contribution in [0.4, 0.5) is 5.69 Å². The number of aromatic nitrogens is 1. The van der Waals surface area contributed by atoms with Gasteiger partial charge in [0.15, 0.2) is 5.78 Å². The first-order chi connectivity index (χ1) is 8.25. The maximum Gasteiger partial charge on any atom is 0.232 e. The van der Waals surface area contributed by atoms with E-state index in [2.05, 4.69) is 10.3 Å². The van der Waals surface area contributed by atoms with Crippen LogP contribution in [0.3, 0.4) is 0 Å². The average molecular weight is 228 g/mol. The quantitative estimate of drug-likeness (QED) is 0.622. The van der Waals surface area contributed by atoms with Crippen molar-refractivity contribution >= 4 is 17.4 Å². The summed E-state index contributed by atoms with van der Waals surface area (Å²) >= 11 is 0. The summed E-state index contributed by atoms with van der Waals surface area (Å²) in [5.74, 6) is -0.528. The lowest BCUT2D eigenvalue weighted by molar-refractivity contribution is -0.115. The molecule has 0 spiro atoms. The predicted molar refractivity (Wildman–Crippen MR) is 64.8 cm³/mol. The predicted octanol–water partition coefficient (Wildman–Crippen LogP) is 2.23. The number of hydrogen-bond donors (Lipinski definition) is 2. The van der Waals surface area contributed by atoms with E-state index < -0.39 is 0 Å². The van der Waals surface area contributed by atoms with Crippen LogP contribution in [0.2, 0.25) is 0 Å². The highest BCUT2D eigenvalue weighted by Crippen LogP contribution is 2.07. The number of hydrogen-bond acceptors (Lipinski definition) is 2. The van der Waals surface area contributed by atoms with Gasteiger partial charge in [0.1, 0.15) is 0 Å². The van der Waals surface area contributed by atoms with Crippen LogP contribution in [0, 0.1) is 0 Å². The second-order valence-corrected chi connectivity index (χ2v) is 3.60. The SMILES string of the molecule is O=C(CC(=O)c1ccc[nH]1)Nc1ccccc1. The minimum absolute atomic E-state index is 0.157. The molecule has 2 rings (SSSR count). The lowest BCUT2D eigenvalue weighted by Crippen LogP contribution is -2.16. The van der Waals surface area contributed by atoms with E-state index in [1.54, 1.807) is 30.5 Å². The van der Waals surface area contributed by atoms with Gasteiger partial charge in [-0.05, 0) is 24.3 Å². The van der Waals surface area contributed by atoms with Crippen molar-refractivity contribution in [3.63, 3.8) is 0 Å². The smallest absolute Gasteiger partial charge is 0.232 e. The Morgan fingerprint density at radius 1 is 1.06 bits per heavy atom. The third-order valence-corrected chi connectivity index (χ3v) is 2.28. The molecule has 0 radical (unpaired) electrons. The maximum absolute atomic E-state index is 11.6. The van der Waals surface area contributed by atoms with Crippen molar-refractivity contribution in [1.82, 2.24) is 4.98 Å². The molecular weight excluding hydrogens is 216 g/mol. The third-order valence-electron chi connectivity index (χ3n) is 2.28. The number of anilines is 1. The van der Waals surface area contributed by atoms with Gasteiger partial charge >= 0.3 is 0 Å². The van der Waals surface area contributed by atoms with Gasteiger partial charge in [-0.3, -0.25) is 9.59 Å². The molecule has 0 atom stereocenters. The van der Waals surface area contributed by atoms with Gasteiger partial charge in [0.25, 0.3) is 0 Å². The Labute approximate surface area is 98.7 Å². The molecule has 0 aliphatic rings. The molecule has 2 N–H and O–H groups in total. The number of rotatable bonds is 4. The maximum atomic E-state index is 11.6. The zero-order valence-corrected chi connectivity index (χ0v) is 9.14. The van der Waals surface area contributed by atoms with Crippen LogP contribution >= 0.6 is 0 Å². The van der Waals surface area contributed by atoms with Gasteiger partial charge in [0.2, 0.25) is 5.91 Å². The van der Waals surface area contributed by atoms with Crippen LogP contribution in [0.1, 0.15) is 16.9 Å². The van der Waals surface area contributed by atoms with Gasteiger partial charge in [0.05, 0.1) is 12.1 Å². The highest BCUT2D eigenvalue weighted by molar-refractivity contribution is 6.10. The van der Waals surface area contributed by atoms with E-state index in [9.17, 15) is 9.59 Å². The molecule has 2 aromatic rings. The first-order valence-electron chi connectivity index (χ1n) is 5.27. The molecule has 4 nitrogen and oxygen atoms in total. The molecule has 0 bridgehead atoms. The van der Waals surface area contributed by atoms with Crippen molar-refractivity contribution < 1.29 is 9.59 Å². The Bertz CT molecular complexity index is 503. The Morgan fingerprint density at radius 3 is 2.47 bits per heavy atom. The number of nitrogens with one attached hydrogen (secondary N) is 2. The summed E-state index contributed by atoms with van der Waals surface area (Å²) in [4.78, 5) is 26.0. The highest BCUT2D eigenvalue weighted by Gasteiger charge is 2.12. The molecule has 1 heterocycles. The summed E-state index contributed by atoms with van der Waals surface area (Å²) in [6.07, 6.45) is 1.50. The van der Waals surface area contributed by atoms with Gasteiger partial charge in [-0.15, -0.1) is 0 Å². The lowest BCUT2D eigenvalue weighted by Gasteiger charge is -2.03. The van der Waals surface area contributed by atoms with Crippen LogP contribution in [0.5, 0.6) is 0 Å². The van der Waals surface area contributed by atoms with Crippen molar-refractivity contribution in [2.24, 2.45) is 0 Å². The van der Waals surface area contributed by atoms with Crippen LogP contribution in [-0.2, 0) is 4.79 Å². The molecular formula is C13H12N2O2. The second-order valence-electron chi connectivity index (χ2n) is 3.60. The van der Waals surface area contributed by atoms with Gasteiger partial charge in [-0.25, -0.2) is 0 Å². The second kappa shape index (κ2) is 5.12. The van der Waals surface area contributed by atoms with Crippen molar-refractivity contribution in [2.45, 2.75) is 6.42 Å². The number of aromatic amines is 1. The summed E-state index contributed by atoms with van der Waals surface area (Å²) in [7, 11) is 0. The molecule has 1 aromatic heterocycles. The number of carbonyl (C=O) groups excluding carboxylic acids is 2. The summed E-state index contributed by atoms with van der Waals surface area (Å²) in [6.45, 7) is 0. The summed E-state index contributed by atoms with van der Waals surface area (Å²) in [6, 6.07) is 12.4. The summed E-state index contributed by atoms with van der Waals surface area (Å²) in [5.41, 5.74) is 1.14. The molecule has 0 fully saturated rings. The largest absolute Gasteiger partial charge is 0.359 e. The van der Waals surface area contributed by atoms with Gasteiger partial charge < -0.3 is 10.3 Å². The molecule has 0 unspecified atom stereocenters. The van der Waals surface area contributed by atoms with Crippen molar-refractivity contribution in [3.05, 3.63) is 54.4 Å². The summed E-state index contributed by atoms with van der Waals surface area (Å²) < 4.78 is 0. The Kier molecular flexibility index (Phi) is 3.35. The topological polar surface area (TPSA) is 62.0 Å². The van der Waals surface area contributed by atoms with Crippen molar-refractivity contribution in [3.8, 4) is 0 Å². The molecule has 1 amide bonds. The molecule has 0 aliphatic heterocycles. The van der Waals surface area contributed by atoms with E-state index in [4.69, 9.17) is 0 Å². The lowest BCUT2D eigenvalue weighted by atomic mass is 10.2. The number of benzene rings is 1. The van der Waals surface area contributed by atoms with Gasteiger partial charge in [-0.2, -0.15) is 0 Å². The Balaban J connectivity index is 1.92. The first-order valence-corrected chi connectivity index (χ1v) is 5.27. The normalized spacial score (nSPS) is 9.88. The van der Waals surface area contributed by atoms with Crippen molar-refractivity contribution in [2.75, 3.05) is 5.32 Å². The first kappa shape index (κ1) is 11.1. The number of para-hydroxylation sites is 1. The number of H-pyrrole nitrogens is 1. The van der Waals surface area contributed by atoms with Gasteiger partial charge in [0, 0.05) is 11.9 Å². The molecule has 1 aromatic carbocycles. The molecule has 0 saturated heterocycles.